The minimum absolute atomic E-state index is 1.06. The van der Waals surface area contributed by atoms with E-state index in [9.17, 15) is 0 Å². The van der Waals surface area contributed by atoms with E-state index in [4.69, 9.17) is 0 Å². The van der Waals surface area contributed by atoms with Gasteiger partial charge in [0, 0.05) is 19.6 Å². The van der Waals surface area contributed by atoms with Crippen molar-refractivity contribution in [3.8, 4) is 0 Å². The van der Waals surface area contributed by atoms with Gasteiger partial charge >= 0.3 is 0 Å². The van der Waals surface area contributed by atoms with Gasteiger partial charge in [0.1, 0.15) is 8.47 Å². The Kier molecular flexibility index (Phi) is 9.78. The maximum atomic E-state index is 3.52. The lowest BCUT2D eigenvalue weighted by Gasteiger charge is -2.06. The molecule has 36 heavy (non-hydrogen) atoms. The first-order valence-corrected chi connectivity index (χ1v) is 14.9. The molecular formula is C32H28S4. The smallest absolute Gasteiger partial charge is 0.0737 e. The summed E-state index contributed by atoms with van der Waals surface area (Å²) in [5.74, 6) is 0. The second-order valence-corrected chi connectivity index (χ2v) is 13.3. The lowest BCUT2D eigenvalue weighted by Crippen LogP contribution is -1.78. The molecule has 0 saturated heterocycles. The van der Waals surface area contributed by atoms with Crippen molar-refractivity contribution < 1.29 is 0 Å². The molecule has 0 aromatic heterocycles. The third-order valence-electron chi connectivity index (χ3n) is 5.19. The van der Waals surface area contributed by atoms with E-state index in [-0.39, 0.29) is 0 Å². The fourth-order valence-corrected chi connectivity index (χ4v) is 6.94. The van der Waals surface area contributed by atoms with Crippen molar-refractivity contribution in [2.45, 2.75) is 47.3 Å². The fourth-order valence-electron chi connectivity index (χ4n) is 3.10. The summed E-state index contributed by atoms with van der Waals surface area (Å²) < 4.78 is 2.13. The van der Waals surface area contributed by atoms with Crippen LogP contribution in [0.15, 0.2) is 137 Å². The predicted octanol–water partition coefficient (Wildman–Crippen LogP) is 10.8. The van der Waals surface area contributed by atoms with Crippen LogP contribution >= 0.6 is 47.0 Å². The Labute approximate surface area is 232 Å². The highest BCUT2D eigenvalue weighted by Gasteiger charge is 2.07. The van der Waals surface area contributed by atoms with E-state index in [1.54, 1.807) is 47.0 Å². The lowest BCUT2D eigenvalue weighted by molar-refractivity contribution is 1.38. The van der Waals surface area contributed by atoms with Gasteiger partial charge < -0.3 is 0 Å². The van der Waals surface area contributed by atoms with E-state index in [1.165, 1.54) is 41.8 Å². The van der Waals surface area contributed by atoms with Gasteiger partial charge in [-0.15, -0.1) is 0 Å². The van der Waals surface area contributed by atoms with Crippen LogP contribution in [-0.4, -0.2) is 0 Å². The van der Waals surface area contributed by atoms with E-state index in [0.717, 1.165) is 8.47 Å². The molecule has 0 unspecified atom stereocenters. The Hall–Kier alpha value is -2.42. The molecule has 0 nitrogen and oxygen atoms in total. The van der Waals surface area contributed by atoms with Crippen molar-refractivity contribution >= 4 is 47.0 Å². The molecule has 0 atom stereocenters. The van der Waals surface area contributed by atoms with Gasteiger partial charge in [0.05, 0.1) is 0 Å². The lowest BCUT2D eigenvalue weighted by atomic mass is 10.2. The standard InChI is InChI=1S/C32H28S4/c1-23-5-13-27(14-6-23)33-31(34-28-15-7-24(2)8-16-28)21-22-32(35-29-17-9-25(3)10-18-29)36-30-19-11-26(4)12-20-30/h5-20H,1-4H3. The van der Waals surface area contributed by atoms with Gasteiger partial charge in [0.15, 0.2) is 0 Å². The van der Waals surface area contributed by atoms with Crippen molar-refractivity contribution in [3.05, 3.63) is 139 Å². The zero-order valence-corrected chi connectivity index (χ0v) is 24.1. The third kappa shape index (κ3) is 8.61. The highest BCUT2D eigenvalue weighted by molar-refractivity contribution is 8.22. The molecule has 0 radical (unpaired) electrons. The fraction of sp³-hybridized carbons (Fsp3) is 0.125. The molecule has 0 N–H and O–H groups in total. The SMILES string of the molecule is Cc1ccc(SC(=C=C=C(Sc2ccc(C)cc2)Sc2ccc(C)cc2)Sc2ccc(C)cc2)cc1. The van der Waals surface area contributed by atoms with Gasteiger partial charge in [-0.2, -0.15) is 0 Å². The highest BCUT2D eigenvalue weighted by atomic mass is 32.2. The molecule has 0 amide bonds. The van der Waals surface area contributed by atoms with Crippen LogP contribution in [0.1, 0.15) is 22.3 Å². The minimum Gasteiger partial charge on any atom is -0.0737 e. The molecule has 0 bridgehead atoms. The van der Waals surface area contributed by atoms with Crippen LogP contribution < -0.4 is 0 Å². The summed E-state index contributed by atoms with van der Waals surface area (Å²) in [6, 6.07) is 34.6. The molecule has 0 aliphatic carbocycles. The van der Waals surface area contributed by atoms with Gasteiger partial charge in [-0.05, 0) is 87.7 Å². The van der Waals surface area contributed by atoms with Gasteiger partial charge in [-0.25, -0.2) is 0 Å². The molecular weight excluding hydrogens is 513 g/mol. The number of rotatable bonds is 8. The molecule has 0 aliphatic heterocycles. The van der Waals surface area contributed by atoms with Gasteiger partial charge in [0.25, 0.3) is 0 Å². The maximum Gasteiger partial charge on any atom is 0.100 e. The zero-order chi connectivity index (χ0) is 25.3. The Bertz CT molecular complexity index is 1180. The van der Waals surface area contributed by atoms with E-state index >= 15 is 0 Å². The van der Waals surface area contributed by atoms with Crippen molar-refractivity contribution in [3.63, 3.8) is 0 Å². The number of benzene rings is 4. The first-order valence-electron chi connectivity index (χ1n) is 11.7. The van der Waals surface area contributed by atoms with Gasteiger partial charge in [-0.1, -0.05) is 118 Å². The molecule has 4 rings (SSSR count). The van der Waals surface area contributed by atoms with Gasteiger partial charge in [0.2, 0.25) is 0 Å². The van der Waals surface area contributed by atoms with Crippen LogP contribution in [0, 0.1) is 27.7 Å². The van der Waals surface area contributed by atoms with Crippen LogP contribution in [0.5, 0.6) is 0 Å². The molecule has 4 heteroatoms. The van der Waals surface area contributed by atoms with Crippen molar-refractivity contribution in [1.82, 2.24) is 0 Å². The predicted molar refractivity (Wildman–Crippen MR) is 162 cm³/mol. The molecule has 0 spiro atoms. The minimum atomic E-state index is 1.06. The number of aryl methyl sites for hydroxylation is 4. The van der Waals surface area contributed by atoms with Crippen molar-refractivity contribution in [1.29, 1.82) is 0 Å². The first kappa shape index (κ1) is 26.6. The molecule has 0 aliphatic rings. The normalized spacial score (nSPS) is 10.4. The van der Waals surface area contributed by atoms with E-state index in [2.05, 4.69) is 136 Å². The van der Waals surface area contributed by atoms with Crippen LogP contribution in [0.4, 0.5) is 0 Å². The summed E-state index contributed by atoms with van der Waals surface area (Å²) in [6.45, 7) is 8.47. The zero-order valence-electron chi connectivity index (χ0n) is 20.9. The quantitative estimate of drug-likeness (QED) is 0.161. The Morgan fingerprint density at radius 1 is 0.361 bits per heavy atom. The van der Waals surface area contributed by atoms with Crippen LogP contribution in [0.3, 0.4) is 0 Å². The topological polar surface area (TPSA) is 0 Å². The average molecular weight is 541 g/mol. The third-order valence-corrected chi connectivity index (χ3v) is 9.37. The van der Waals surface area contributed by atoms with E-state index in [0.29, 0.717) is 0 Å². The number of hydrogen-bond donors (Lipinski definition) is 0. The summed E-state index contributed by atoms with van der Waals surface area (Å²) in [7, 11) is 0. The molecule has 0 saturated carbocycles. The summed E-state index contributed by atoms with van der Waals surface area (Å²) in [6.07, 6.45) is 0. The van der Waals surface area contributed by atoms with Crippen LogP contribution in [0.2, 0.25) is 0 Å². The number of thioether (sulfide) groups is 4. The monoisotopic (exact) mass is 540 g/mol. The maximum absolute atomic E-state index is 3.52. The summed E-state index contributed by atoms with van der Waals surface area (Å²) in [5, 5.41) is 0. The molecule has 4 aromatic carbocycles. The summed E-state index contributed by atoms with van der Waals surface area (Å²) >= 11 is 6.92. The van der Waals surface area contributed by atoms with Gasteiger partial charge in [-0.3, -0.25) is 0 Å². The van der Waals surface area contributed by atoms with E-state index < -0.39 is 0 Å². The van der Waals surface area contributed by atoms with Crippen molar-refractivity contribution in [2.24, 2.45) is 0 Å². The largest absolute Gasteiger partial charge is 0.100 e. The summed E-state index contributed by atoms with van der Waals surface area (Å²) in [5.41, 5.74) is 12.1. The molecule has 4 aromatic rings. The van der Waals surface area contributed by atoms with E-state index in [1.807, 2.05) is 0 Å². The van der Waals surface area contributed by atoms with Crippen LogP contribution in [-0.2, 0) is 0 Å². The average Bonchev–Trinajstić information content (AvgIpc) is 2.88. The molecule has 0 fully saturated rings. The number of hydrogen-bond acceptors (Lipinski definition) is 4. The molecule has 180 valence electrons. The summed E-state index contributed by atoms with van der Waals surface area (Å²) in [4.78, 5) is 4.79. The highest BCUT2D eigenvalue weighted by Crippen LogP contribution is 2.41. The second-order valence-electron chi connectivity index (χ2n) is 8.49. The van der Waals surface area contributed by atoms with Crippen LogP contribution in [0.25, 0.3) is 0 Å². The second kappa shape index (κ2) is 13.2. The Morgan fingerprint density at radius 3 is 0.750 bits per heavy atom. The van der Waals surface area contributed by atoms with Crippen molar-refractivity contribution in [2.75, 3.05) is 0 Å². The molecule has 0 heterocycles. The Balaban J connectivity index is 1.74. The first-order chi connectivity index (χ1) is 17.4. The Morgan fingerprint density at radius 2 is 0.556 bits per heavy atom.